The summed E-state index contributed by atoms with van der Waals surface area (Å²) in [7, 11) is 0. The smallest absolute Gasteiger partial charge is 0.181 e. The van der Waals surface area contributed by atoms with E-state index in [0.717, 1.165) is 37.5 Å². The van der Waals surface area contributed by atoms with Crippen molar-refractivity contribution < 1.29 is 9.15 Å². The first kappa shape index (κ1) is 9.66. The summed E-state index contributed by atoms with van der Waals surface area (Å²) in [6.07, 6.45) is 7.46. The number of nitrogens with zero attached hydrogens (tertiary/aromatic N) is 2. The van der Waals surface area contributed by atoms with Crippen molar-refractivity contribution in [1.82, 2.24) is 9.55 Å². The van der Waals surface area contributed by atoms with Crippen LogP contribution in [-0.2, 0) is 4.74 Å². The quantitative estimate of drug-likeness (QED) is 0.777. The summed E-state index contributed by atoms with van der Waals surface area (Å²) in [4.78, 5) is 3.96. The Morgan fingerprint density at radius 3 is 2.94 bits per heavy atom. The van der Waals surface area contributed by atoms with Gasteiger partial charge in [0, 0.05) is 25.5 Å². The molecule has 2 aromatic heterocycles. The molecule has 1 fully saturated rings. The lowest BCUT2D eigenvalue weighted by molar-refractivity contribution is 0.0700. The Labute approximate surface area is 93.9 Å². The Morgan fingerprint density at radius 2 is 2.19 bits per heavy atom. The Kier molecular flexibility index (Phi) is 2.50. The second kappa shape index (κ2) is 4.14. The van der Waals surface area contributed by atoms with Crippen LogP contribution in [0.2, 0.25) is 0 Å². The minimum absolute atomic E-state index is 0.517. The third kappa shape index (κ3) is 1.65. The molecule has 0 spiro atoms. The van der Waals surface area contributed by atoms with Crippen LogP contribution >= 0.6 is 0 Å². The summed E-state index contributed by atoms with van der Waals surface area (Å²) in [5, 5.41) is 0. The molecule has 0 unspecified atom stereocenters. The molecule has 2 aromatic rings. The highest BCUT2D eigenvalue weighted by molar-refractivity contribution is 5.51. The fourth-order valence-electron chi connectivity index (χ4n) is 2.23. The summed E-state index contributed by atoms with van der Waals surface area (Å²) >= 11 is 0. The van der Waals surface area contributed by atoms with E-state index in [1.165, 1.54) is 6.39 Å². The summed E-state index contributed by atoms with van der Waals surface area (Å²) in [6, 6.07) is 4.63. The van der Waals surface area contributed by atoms with E-state index in [1.54, 1.807) is 6.20 Å². The minimum atomic E-state index is 0.517. The topological polar surface area (TPSA) is 40.2 Å². The molecule has 1 aliphatic rings. The van der Waals surface area contributed by atoms with Crippen molar-refractivity contribution in [3.05, 3.63) is 30.9 Å². The van der Waals surface area contributed by atoms with E-state index in [2.05, 4.69) is 21.8 Å². The van der Waals surface area contributed by atoms with E-state index in [4.69, 9.17) is 9.15 Å². The van der Waals surface area contributed by atoms with Crippen LogP contribution in [0.5, 0.6) is 0 Å². The fourth-order valence-corrected chi connectivity index (χ4v) is 2.23. The van der Waals surface area contributed by atoms with Crippen LogP contribution in [0.4, 0.5) is 0 Å². The van der Waals surface area contributed by atoms with Crippen molar-refractivity contribution >= 4 is 0 Å². The number of ether oxygens (including phenoxy) is 1. The largest absolute Gasteiger partial charge is 0.442 e. The number of oxazole rings is 1. The van der Waals surface area contributed by atoms with Crippen LogP contribution in [0.15, 0.2) is 35.3 Å². The van der Waals surface area contributed by atoms with E-state index in [9.17, 15) is 0 Å². The van der Waals surface area contributed by atoms with Crippen LogP contribution in [-0.4, -0.2) is 22.8 Å². The van der Waals surface area contributed by atoms with Gasteiger partial charge in [-0.05, 0) is 25.0 Å². The monoisotopic (exact) mass is 218 g/mol. The van der Waals surface area contributed by atoms with E-state index < -0.39 is 0 Å². The molecule has 0 radical (unpaired) electrons. The van der Waals surface area contributed by atoms with E-state index in [1.807, 2.05) is 6.07 Å². The molecule has 0 aromatic carbocycles. The molecule has 0 saturated carbocycles. The number of rotatable bonds is 2. The third-order valence-corrected chi connectivity index (χ3v) is 3.05. The van der Waals surface area contributed by atoms with Gasteiger partial charge in [-0.15, -0.1) is 0 Å². The molecule has 0 atom stereocenters. The average molecular weight is 218 g/mol. The first-order valence-electron chi connectivity index (χ1n) is 5.58. The predicted molar refractivity (Wildman–Crippen MR) is 59.0 cm³/mol. The van der Waals surface area contributed by atoms with Gasteiger partial charge in [-0.25, -0.2) is 4.98 Å². The Hall–Kier alpha value is -1.55. The molecule has 0 bridgehead atoms. The van der Waals surface area contributed by atoms with Crippen molar-refractivity contribution in [2.45, 2.75) is 18.9 Å². The van der Waals surface area contributed by atoms with Gasteiger partial charge in [-0.2, -0.15) is 0 Å². The van der Waals surface area contributed by atoms with Gasteiger partial charge >= 0.3 is 0 Å². The van der Waals surface area contributed by atoms with Gasteiger partial charge in [-0.1, -0.05) is 0 Å². The SMILES string of the molecule is c1cc(-c2cnco2)n(C2CCOCC2)c1. The van der Waals surface area contributed by atoms with Crippen molar-refractivity contribution in [1.29, 1.82) is 0 Å². The molecule has 1 aliphatic heterocycles. The summed E-state index contributed by atoms with van der Waals surface area (Å²) in [5.41, 5.74) is 1.10. The van der Waals surface area contributed by atoms with Gasteiger partial charge in [0.15, 0.2) is 12.2 Å². The van der Waals surface area contributed by atoms with Crippen molar-refractivity contribution in [2.24, 2.45) is 0 Å². The maximum Gasteiger partial charge on any atom is 0.181 e. The fraction of sp³-hybridized carbons (Fsp3) is 0.417. The third-order valence-electron chi connectivity index (χ3n) is 3.05. The summed E-state index contributed by atoms with van der Waals surface area (Å²) < 4.78 is 13.0. The van der Waals surface area contributed by atoms with Crippen LogP contribution in [0.3, 0.4) is 0 Å². The second-order valence-electron chi connectivity index (χ2n) is 4.01. The molecule has 1 saturated heterocycles. The lowest BCUT2D eigenvalue weighted by atomic mass is 10.1. The highest BCUT2D eigenvalue weighted by atomic mass is 16.5. The lowest BCUT2D eigenvalue weighted by Crippen LogP contribution is -2.19. The highest BCUT2D eigenvalue weighted by Gasteiger charge is 2.18. The van der Waals surface area contributed by atoms with Crippen LogP contribution < -0.4 is 0 Å². The maximum absolute atomic E-state index is 5.38. The number of hydrogen-bond donors (Lipinski definition) is 0. The summed E-state index contributed by atoms with van der Waals surface area (Å²) in [5.74, 6) is 0.830. The average Bonchev–Trinajstić information content (AvgIpc) is 3.01. The molecule has 84 valence electrons. The molecule has 0 aliphatic carbocycles. The van der Waals surface area contributed by atoms with Gasteiger partial charge in [0.1, 0.15) is 0 Å². The van der Waals surface area contributed by atoms with Gasteiger partial charge in [0.25, 0.3) is 0 Å². The van der Waals surface area contributed by atoms with E-state index in [0.29, 0.717) is 6.04 Å². The Bertz CT molecular complexity index is 441. The number of hydrogen-bond acceptors (Lipinski definition) is 3. The summed E-state index contributed by atoms with van der Waals surface area (Å²) in [6.45, 7) is 1.69. The van der Waals surface area contributed by atoms with E-state index in [-0.39, 0.29) is 0 Å². The van der Waals surface area contributed by atoms with Gasteiger partial charge in [0.2, 0.25) is 0 Å². The minimum Gasteiger partial charge on any atom is -0.442 e. The maximum atomic E-state index is 5.38. The normalized spacial score (nSPS) is 17.8. The zero-order chi connectivity index (χ0) is 10.8. The van der Waals surface area contributed by atoms with Crippen molar-refractivity contribution in [2.75, 3.05) is 13.2 Å². The molecular weight excluding hydrogens is 204 g/mol. The highest BCUT2D eigenvalue weighted by Crippen LogP contribution is 2.28. The molecular formula is C12H14N2O2. The van der Waals surface area contributed by atoms with Gasteiger partial charge < -0.3 is 13.7 Å². The van der Waals surface area contributed by atoms with E-state index >= 15 is 0 Å². The zero-order valence-electron chi connectivity index (χ0n) is 9.00. The first-order chi connectivity index (χ1) is 7.95. The predicted octanol–water partition coefficient (Wildman–Crippen LogP) is 2.49. The Balaban J connectivity index is 1.92. The molecule has 3 heterocycles. The second-order valence-corrected chi connectivity index (χ2v) is 4.01. The molecule has 3 rings (SSSR count). The molecule has 0 N–H and O–H groups in total. The lowest BCUT2D eigenvalue weighted by Gasteiger charge is -2.25. The van der Waals surface area contributed by atoms with Crippen molar-refractivity contribution in [3.63, 3.8) is 0 Å². The van der Waals surface area contributed by atoms with Crippen LogP contribution in [0, 0.1) is 0 Å². The number of aromatic nitrogens is 2. The Morgan fingerprint density at radius 1 is 1.31 bits per heavy atom. The molecule has 0 amide bonds. The van der Waals surface area contributed by atoms with Crippen molar-refractivity contribution in [3.8, 4) is 11.5 Å². The molecule has 4 heteroatoms. The van der Waals surface area contributed by atoms with Crippen LogP contribution in [0.1, 0.15) is 18.9 Å². The van der Waals surface area contributed by atoms with Gasteiger partial charge in [0.05, 0.1) is 11.9 Å². The zero-order valence-corrected chi connectivity index (χ0v) is 9.00. The first-order valence-corrected chi connectivity index (χ1v) is 5.58. The molecule has 16 heavy (non-hydrogen) atoms. The van der Waals surface area contributed by atoms with Gasteiger partial charge in [-0.3, -0.25) is 0 Å². The standard InChI is InChI=1S/C12H14N2O2/c1-2-11(12-8-13-9-16-12)14(5-1)10-3-6-15-7-4-10/h1-2,5,8-10H,3-4,6-7H2. The van der Waals surface area contributed by atoms with Crippen LogP contribution in [0.25, 0.3) is 11.5 Å². The molecule has 4 nitrogen and oxygen atoms in total.